The molecule has 9 nitrogen and oxygen atoms in total. The van der Waals surface area contributed by atoms with Crippen molar-refractivity contribution < 1.29 is 14.3 Å². The Morgan fingerprint density at radius 3 is 2.73 bits per heavy atom. The molecule has 0 fully saturated rings. The first-order valence-electron chi connectivity index (χ1n) is 7.61. The number of methoxy groups -OCH3 is 2. The molecule has 0 unspecified atom stereocenters. The second-order valence-corrected chi connectivity index (χ2v) is 6.27. The summed E-state index contributed by atoms with van der Waals surface area (Å²) >= 11 is 1.22. The number of anilines is 1. The van der Waals surface area contributed by atoms with Crippen molar-refractivity contribution in [1.82, 2.24) is 19.6 Å². The van der Waals surface area contributed by atoms with Gasteiger partial charge < -0.3 is 14.8 Å². The Kier molecular flexibility index (Phi) is 5.12. The molecule has 0 aliphatic carbocycles. The fourth-order valence-corrected chi connectivity index (χ4v) is 3.19. The number of carbonyl (C=O) groups is 1. The number of H-pyrrole nitrogens is 1. The molecule has 0 aliphatic heterocycles. The maximum atomic E-state index is 12.2. The van der Waals surface area contributed by atoms with Crippen LogP contribution in [0.2, 0.25) is 0 Å². The lowest BCUT2D eigenvalue weighted by atomic mass is 10.2. The predicted octanol–water partition coefficient (Wildman–Crippen LogP) is 1.47. The molecule has 3 aromatic rings. The van der Waals surface area contributed by atoms with Gasteiger partial charge in [-0.3, -0.25) is 19.0 Å². The molecule has 0 radical (unpaired) electrons. The first-order valence-corrected chi connectivity index (χ1v) is 8.60. The van der Waals surface area contributed by atoms with Crippen LogP contribution in [0.15, 0.2) is 34.2 Å². The van der Waals surface area contributed by atoms with Gasteiger partial charge in [0.25, 0.3) is 5.56 Å². The van der Waals surface area contributed by atoms with Gasteiger partial charge in [-0.05, 0) is 19.1 Å². The van der Waals surface area contributed by atoms with Crippen molar-refractivity contribution in [1.29, 1.82) is 0 Å². The Bertz CT molecular complexity index is 1010. The van der Waals surface area contributed by atoms with Crippen LogP contribution < -0.4 is 20.3 Å². The molecule has 136 valence electrons. The minimum atomic E-state index is -0.245. The number of amides is 1. The Balaban J connectivity index is 1.69. The average Bonchev–Trinajstić information content (AvgIpc) is 3.03. The molecule has 1 amide bonds. The molecule has 0 saturated heterocycles. The molecule has 0 bridgehead atoms. The summed E-state index contributed by atoms with van der Waals surface area (Å²) in [6.07, 6.45) is 0. The van der Waals surface area contributed by atoms with Gasteiger partial charge >= 0.3 is 0 Å². The number of aryl methyl sites for hydroxylation is 1. The number of aromatic amines is 1. The maximum Gasteiger partial charge on any atom is 0.252 e. The molecule has 3 rings (SSSR count). The summed E-state index contributed by atoms with van der Waals surface area (Å²) in [5.41, 5.74) is 1.04. The van der Waals surface area contributed by atoms with Gasteiger partial charge in [0.2, 0.25) is 11.7 Å². The quantitative estimate of drug-likeness (QED) is 0.628. The van der Waals surface area contributed by atoms with Crippen LogP contribution in [0.1, 0.15) is 5.69 Å². The second kappa shape index (κ2) is 7.48. The van der Waals surface area contributed by atoms with E-state index in [1.807, 2.05) is 0 Å². The van der Waals surface area contributed by atoms with Crippen LogP contribution in [0.3, 0.4) is 0 Å². The van der Waals surface area contributed by atoms with Gasteiger partial charge in [-0.15, -0.1) is 10.2 Å². The molecule has 0 saturated carbocycles. The molecule has 2 heterocycles. The van der Waals surface area contributed by atoms with Gasteiger partial charge in [0.1, 0.15) is 0 Å². The first kappa shape index (κ1) is 17.8. The highest BCUT2D eigenvalue weighted by Gasteiger charge is 2.13. The van der Waals surface area contributed by atoms with Crippen molar-refractivity contribution in [2.75, 3.05) is 25.3 Å². The zero-order valence-electron chi connectivity index (χ0n) is 14.4. The Morgan fingerprint density at radius 2 is 2.00 bits per heavy atom. The molecule has 0 atom stereocenters. The summed E-state index contributed by atoms with van der Waals surface area (Å²) in [4.78, 5) is 26.3. The average molecular weight is 375 g/mol. The number of carbonyl (C=O) groups excluding carboxylic acids is 1. The van der Waals surface area contributed by atoms with E-state index in [1.165, 1.54) is 24.9 Å². The SMILES string of the molecule is COc1ccc(NC(=O)CSc2nnc3[nH]c(=O)cc(C)n23)cc1OC. The standard InChI is InChI=1S/C16H17N5O4S/c1-9-6-13(22)18-15-19-20-16(21(9)15)26-8-14(23)17-10-4-5-11(24-2)12(7-10)25-3/h4-7H,8H2,1-3H3,(H,17,23)(H,18,19,22). The zero-order chi connectivity index (χ0) is 18.7. The lowest BCUT2D eigenvalue weighted by Crippen LogP contribution is -2.15. The van der Waals surface area contributed by atoms with E-state index in [-0.39, 0.29) is 17.2 Å². The largest absolute Gasteiger partial charge is 0.493 e. The molecule has 0 spiro atoms. The summed E-state index contributed by atoms with van der Waals surface area (Å²) in [6, 6.07) is 6.57. The number of benzene rings is 1. The second-order valence-electron chi connectivity index (χ2n) is 5.32. The molecular formula is C16H17N5O4S. The van der Waals surface area contributed by atoms with Crippen LogP contribution in [0.25, 0.3) is 5.78 Å². The smallest absolute Gasteiger partial charge is 0.252 e. The van der Waals surface area contributed by atoms with Gasteiger partial charge in [-0.25, -0.2) is 0 Å². The van der Waals surface area contributed by atoms with E-state index in [2.05, 4.69) is 20.5 Å². The molecule has 2 N–H and O–H groups in total. The van der Waals surface area contributed by atoms with E-state index in [0.29, 0.717) is 33.8 Å². The number of hydrogen-bond donors (Lipinski definition) is 2. The number of ether oxygens (including phenoxy) is 2. The summed E-state index contributed by atoms with van der Waals surface area (Å²) < 4.78 is 12.1. The number of fused-ring (bicyclic) bond motifs is 1. The number of nitrogens with one attached hydrogen (secondary N) is 2. The highest BCUT2D eigenvalue weighted by Crippen LogP contribution is 2.29. The van der Waals surface area contributed by atoms with Crippen molar-refractivity contribution in [2.24, 2.45) is 0 Å². The van der Waals surface area contributed by atoms with E-state index < -0.39 is 0 Å². The van der Waals surface area contributed by atoms with Crippen LogP contribution >= 0.6 is 11.8 Å². The molecule has 26 heavy (non-hydrogen) atoms. The maximum absolute atomic E-state index is 12.2. The summed E-state index contributed by atoms with van der Waals surface area (Å²) in [7, 11) is 3.08. The molecule has 10 heteroatoms. The fourth-order valence-electron chi connectivity index (χ4n) is 2.40. The van der Waals surface area contributed by atoms with E-state index in [9.17, 15) is 9.59 Å². The number of thioether (sulfide) groups is 1. The third-order valence-electron chi connectivity index (χ3n) is 3.56. The van der Waals surface area contributed by atoms with Crippen LogP contribution in [0, 0.1) is 6.92 Å². The summed E-state index contributed by atoms with van der Waals surface area (Å²) in [6.45, 7) is 1.78. The van der Waals surface area contributed by atoms with E-state index in [4.69, 9.17) is 9.47 Å². The number of hydrogen-bond acceptors (Lipinski definition) is 7. The van der Waals surface area contributed by atoms with Gasteiger partial charge in [0.15, 0.2) is 16.7 Å². The molecule has 2 aromatic heterocycles. The van der Waals surface area contributed by atoms with Gasteiger partial charge in [-0.2, -0.15) is 0 Å². The number of rotatable bonds is 6. The minimum absolute atomic E-state index is 0.133. The van der Waals surface area contributed by atoms with Crippen LogP contribution in [-0.2, 0) is 4.79 Å². The first-order chi connectivity index (χ1) is 12.5. The Labute approximate surface area is 152 Å². The monoisotopic (exact) mass is 375 g/mol. The topological polar surface area (TPSA) is 111 Å². The number of nitrogens with zero attached hydrogens (tertiary/aromatic N) is 3. The fraction of sp³-hybridized carbons (Fsp3) is 0.250. The van der Waals surface area contributed by atoms with Gasteiger partial charge in [0.05, 0.1) is 20.0 Å². The zero-order valence-corrected chi connectivity index (χ0v) is 15.2. The van der Waals surface area contributed by atoms with E-state index in [0.717, 1.165) is 0 Å². The third-order valence-corrected chi connectivity index (χ3v) is 4.49. The lowest BCUT2D eigenvalue weighted by Gasteiger charge is -2.10. The van der Waals surface area contributed by atoms with Crippen molar-refractivity contribution >= 4 is 29.1 Å². The molecule has 0 aliphatic rings. The van der Waals surface area contributed by atoms with Crippen LogP contribution in [-0.4, -0.2) is 45.5 Å². The Morgan fingerprint density at radius 1 is 1.23 bits per heavy atom. The lowest BCUT2D eigenvalue weighted by molar-refractivity contribution is -0.113. The summed E-state index contributed by atoms with van der Waals surface area (Å²) in [5, 5.41) is 11.2. The molecular weight excluding hydrogens is 358 g/mol. The minimum Gasteiger partial charge on any atom is -0.493 e. The Hall–Kier alpha value is -3.01. The highest BCUT2D eigenvalue weighted by atomic mass is 32.2. The summed E-state index contributed by atoms with van der Waals surface area (Å²) in [5.74, 6) is 1.38. The van der Waals surface area contributed by atoms with Crippen LogP contribution in [0.5, 0.6) is 11.5 Å². The van der Waals surface area contributed by atoms with Gasteiger partial charge in [0, 0.05) is 23.5 Å². The normalized spacial score (nSPS) is 10.7. The highest BCUT2D eigenvalue weighted by molar-refractivity contribution is 7.99. The predicted molar refractivity (Wildman–Crippen MR) is 97.2 cm³/mol. The third kappa shape index (κ3) is 3.64. The van der Waals surface area contributed by atoms with Crippen molar-refractivity contribution in [3.63, 3.8) is 0 Å². The van der Waals surface area contributed by atoms with E-state index >= 15 is 0 Å². The van der Waals surface area contributed by atoms with Crippen molar-refractivity contribution in [3.8, 4) is 11.5 Å². The van der Waals surface area contributed by atoms with Crippen LogP contribution in [0.4, 0.5) is 5.69 Å². The van der Waals surface area contributed by atoms with Crippen molar-refractivity contribution in [2.45, 2.75) is 12.1 Å². The number of aromatic nitrogens is 4. The van der Waals surface area contributed by atoms with Crippen molar-refractivity contribution in [3.05, 3.63) is 40.3 Å². The van der Waals surface area contributed by atoms with E-state index in [1.54, 1.807) is 36.6 Å². The molecule has 1 aromatic carbocycles. The van der Waals surface area contributed by atoms with Gasteiger partial charge in [-0.1, -0.05) is 11.8 Å².